The number of nitrogens with zero attached hydrogens (tertiary/aromatic N) is 5. The monoisotopic (exact) mass is 474 g/mol. The fourth-order valence-corrected chi connectivity index (χ4v) is 5.95. The number of halogens is 1. The maximum absolute atomic E-state index is 13.0. The third kappa shape index (κ3) is 4.25. The van der Waals surface area contributed by atoms with Crippen LogP contribution in [0.3, 0.4) is 0 Å². The van der Waals surface area contributed by atoms with E-state index in [1.807, 2.05) is 0 Å². The van der Waals surface area contributed by atoms with Crippen LogP contribution in [-0.4, -0.2) is 60.2 Å². The molecule has 2 aliphatic heterocycles. The second-order valence-corrected chi connectivity index (χ2v) is 10.7. The molecule has 1 aliphatic carbocycles. The highest BCUT2D eigenvalue weighted by Gasteiger charge is 2.38. The summed E-state index contributed by atoms with van der Waals surface area (Å²) >= 11 is 5.91. The topological polar surface area (TPSA) is 104 Å². The van der Waals surface area contributed by atoms with Crippen LogP contribution in [0.5, 0.6) is 0 Å². The molecule has 2 aromatic heterocycles. The molecule has 3 aliphatic rings. The van der Waals surface area contributed by atoms with Gasteiger partial charge in [0, 0.05) is 31.2 Å². The first-order valence-corrected chi connectivity index (χ1v) is 12.9. The van der Waals surface area contributed by atoms with E-state index in [9.17, 15) is 9.32 Å². The summed E-state index contributed by atoms with van der Waals surface area (Å²) in [5.41, 5.74) is 1.59. The summed E-state index contributed by atoms with van der Waals surface area (Å²) in [6.45, 7) is 1.43. The van der Waals surface area contributed by atoms with Crippen LogP contribution < -0.4 is 10.2 Å². The second-order valence-electron chi connectivity index (χ2n) is 8.72. The molecule has 4 heterocycles. The number of aromatic nitrogens is 4. The Labute approximate surface area is 195 Å². The lowest BCUT2D eigenvalue weighted by Gasteiger charge is -2.42. The van der Waals surface area contributed by atoms with Gasteiger partial charge in [0.1, 0.15) is 10.7 Å². The summed E-state index contributed by atoms with van der Waals surface area (Å²) in [6.07, 6.45) is 11.6. The van der Waals surface area contributed by atoms with Crippen LogP contribution in [0.25, 0.3) is 5.57 Å². The van der Waals surface area contributed by atoms with Crippen molar-refractivity contribution < 1.29 is 9.32 Å². The molecule has 10 heteroatoms. The highest BCUT2D eigenvalue weighted by Crippen LogP contribution is 2.38. The highest BCUT2D eigenvalue weighted by atomic mass is 35.5. The maximum Gasteiger partial charge on any atom is 0.227 e. The van der Waals surface area contributed by atoms with Gasteiger partial charge in [-0.05, 0) is 50.5 Å². The number of aliphatic hydroxyl groups is 1. The first-order valence-electron chi connectivity index (χ1n) is 11.2. The van der Waals surface area contributed by atoms with Gasteiger partial charge < -0.3 is 15.3 Å². The van der Waals surface area contributed by atoms with Crippen molar-refractivity contribution in [1.29, 1.82) is 0 Å². The molecule has 1 atom stereocenters. The number of hydrogen-bond acceptors (Lipinski definition) is 8. The number of rotatable bonds is 5. The molecular formula is C22H27ClN6O2S. The van der Waals surface area contributed by atoms with Crippen molar-refractivity contribution in [2.75, 3.05) is 35.7 Å². The number of anilines is 2. The predicted octanol–water partition coefficient (Wildman–Crippen LogP) is 2.98. The fraction of sp³-hybridized carbons (Fsp3) is 0.545. The maximum atomic E-state index is 13.0. The number of hydrogen-bond donors (Lipinski definition) is 2. The number of aryl methyl sites for hydroxylation is 1. The highest BCUT2D eigenvalue weighted by molar-refractivity contribution is 7.85. The van der Waals surface area contributed by atoms with Crippen molar-refractivity contribution in [3.63, 3.8) is 0 Å². The molecule has 0 radical (unpaired) electrons. The van der Waals surface area contributed by atoms with Crippen LogP contribution >= 0.6 is 11.6 Å². The van der Waals surface area contributed by atoms with Gasteiger partial charge in [-0.3, -0.25) is 4.21 Å². The van der Waals surface area contributed by atoms with E-state index in [4.69, 9.17) is 21.6 Å². The molecule has 2 aromatic rings. The molecule has 0 bridgehead atoms. The minimum absolute atomic E-state index is 0.0463. The Kier molecular flexibility index (Phi) is 6.14. The SMILES string of the molecule is O=[S@]1CCCCc2nc(N3CC=C(c4ncc(Cl)cn4)CC3)nc(NC3(CO)CCC3)c21. The quantitative estimate of drug-likeness (QED) is 0.681. The van der Waals surface area contributed by atoms with Crippen molar-refractivity contribution >= 4 is 39.7 Å². The molecule has 32 heavy (non-hydrogen) atoms. The Morgan fingerprint density at radius 3 is 2.62 bits per heavy atom. The van der Waals surface area contributed by atoms with E-state index >= 15 is 0 Å². The lowest BCUT2D eigenvalue weighted by atomic mass is 9.77. The number of fused-ring (bicyclic) bond motifs is 1. The minimum atomic E-state index is -1.13. The average Bonchev–Trinajstić information content (AvgIpc) is 2.98. The molecule has 2 N–H and O–H groups in total. The lowest BCUT2D eigenvalue weighted by molar-refractivity contribution is 0.143. The van der Waals surface area contributed by atoms with Gasteiger partial charge in [-0.15, -0.1) is 0 Å². The Morgan fingerprint density at radius 1 is 1.16 bits per heavy atom. The smallest absolute Gasteiger partial charge is 0.227 e. The van der Waals surface area contributed by atoms with Gasteiger partial charge in [0.05, 0.1) is 33.7 Å². The van der Waals surface area contributed by atoms with E-state index in [-0.39, 0.29) is 12.1 Å². The zero-order valence-electron chi connectivity index (χ0n) is 17.9. The van der Waals surface area contributed by atoms with Crippen LogP contribution in [0.2, 0.25) is 5.02 Å². The van der Waals surface area contributed by atoms with Gasteiger partial charge in [-0.1, -0.05) is 17.7 Å². The third-order valence-electron chi connectivity index (χ3n) is 6.54. The van der Waals surface area contributed by atoms with E-state index in [0.29, 0.717) is 34.9 Å². The molecule has 0 aromatic carbocycles. The first-order chi connectivity index (χ1) is 15.6. The van der Waals surface area contributed by atoms with Crippen LogP contribution in [0.1, 0.15) is 50.0 Å². The molecule has 1 saturated carbocycles. The minimum Gasteiger partial charge on any atom is -0.394 e. The Hall–Kier alpha value is -2.10. The zero-order valence-corrected chi connectivity index (χ0v) is 19.5. The number of nitrogens with one attached hydrogen (secondary N) is 1. The van der Waals surface area contributed by atoms with Crippen LogP contribution in [0.15, 0.2) is 23.4 Å². The van der Waals surface area contributed by atoms with Crippen LogP contribution in [-0.2, 0) is 17.2 Å². The standard InChI is InChI=1S/C22H27ClN6O2S/c23-16-12-24-19(25-13-16)15-5-9-29(10-6-15)21-26-17-4-1-2-11-32(31)18(17)20(27-21)28-22(14-30)7-3-8-22/h5,12-13,30H,1-4,6-11,14H2,(H,26,27,28)/t32-/m0/s1. The third-order valence-corrected chi connectivity index (χ3v) is 8.28. The molecule has 170 valence electrons. The molecule has 0 amide bonds. The second kappa shape index (κ2) is 9.03. The lowest BCUT2D eigenvalue weighted by Crippen LogP contribution is -2.49. The summed E-state index contributed by atoms with van der Waals surface area (Å²) in [5.74, 6) is 2.61. The van der Waals surface area contributed by atoms with Crippen molar-refractivity contribution in [2.24, 2.45) is 0 Å². The van der Waals surface area contributed by atoms with Gasteiger partial charge in [-0.25, -0.2) is 15.0 Å². The summed E-state index contributed by atoms with van der Waals surface area (Å²) in [6, 6.07) is 0. The summed E-state index contributed by atoms with van der Waals surface area (Å²) in [4.78, 5) is 21.2. The summed E-state index contributed by atoms with van der Waals surface area (Å²) in [5, 5.41) is 14.0. The van der Waals surface area contributed by atoms with Gasteiger partial charge in [-0.2, -0.15) is 4.98 Å². The zero-order chi connectivity index (χ0) is 22.1. The predicted molar refractivity (Wildman–Crippen MR) is 125 cm³/mol. The molecule has 0 unspecified atom stereocenters. The fourth-order valence-electron chi connectivity index (χ4n) is 4.46. The van der Waals surface area contributed by atoms with Crippen molar-refractivity contribution in [2.45, 2.75) is 55.4 Å². The van der Waals surface area contributed by atoms with Crippen molar-refractivity contribution in [1.82, 2.24) is 19.9 Å². The van der Waals surface area contributed by atoms with E-state index in [0.717, 1.165) is 67.7 Å². The van der Waals surface area contributed by atoms with Crippen molar-refractivity contribution in [3.8, 4) is 0 Å². The van der Waals surface area contributed by atoms with Gasteiger partial charge >= 0.3 is 0 Å². The molecule has 1 fully saturated rings. The summed E-state index contributed by atoms with van der Waals surface area (Å²) in [7, 11) is -1.13. The van der Waals surface area contributed by atoms with E-state index in [1.165, 1.54) is 0 Å². The van der Waals surface area contributed by atoms with Gasteiger partial charge in [0.15, 0.2) is 5.82 Å². The van der Waals surface area contributed by atoms with Gasteiger partial charge in [0.2, 0.25) is 5.95 Å². The normalized spacial score (nSPS) is 22.4. The van der Waals surface area contributed by atoms with Crippen molar-refractivity contribution in [3.05, 3.63) is 35.0 Å². The van der Waals surface area contributed by atoms with Crippen LogP contribution in [0, 0.1) is 0 Å². The summed E-state index contributed by atoms with van der Waals surface area (Å²) < 4.78 is 13.0. The Bertz CT molecular complexity index is 1050. The molecule has 0 saturated heterocycles. The average molecular weight is 475 g/mol. The molecular weight excluding hydrogens is 448 g/mol. The Morgan fingerprint density at radius 2 is 1.97 bits per heavy atom. The Balaban J connectivity index is 1.45. The van der Waals surface area contributed by atoms with E-state index in [1.54, 1.807) is 12.4 Å². The van der Waals surface area contributed by atoms with E-state index < -0.39 is 10.8 Å². The van der Waals surface area contributed by atoms with Gasteiger partial charge in [0.25, 0.3) is 0 Å². The molecule has 0 spiro atoms. The largest absolute Gasteiger partial charge is 0.394 e. The molecule has 5 rings (SSSR count). The first kappa shape index (κ1) is 21.7. The van der Waals surface area contributed by atoms with E-state index in [2.05, 4.69) is 26.3 Å². The number of aliphatic hydroxyl groups excluding tert-OH is 1. The molecule has 8 nitrogen and oxygen atoms in total. The van der Waals surface area contributed by atoms with Crippen LogP contribution in [0.4, 0.5) is 11.8 Å².